The van der Waals surface area contributed by atoms with E-state index in [-0.39, 0.29) is 28.9 Å². The van der Waals surface area contributed by atoms with E-state index in [0.717, 1.165) is 0 Å². The van der Waals surface area contributed by atoms with Crippen molar-refractivity contribution in [1.82, 2.24) is 19.6 Å². The summed E-state index contributed by atoms with van der Waals surface area (Å²) in [4.78, 5) is 18.6. The molecule has 0 aromatic carbocycles. The summed E-state index contributed by atoms with van der Waals surface area (Å²) in [6, 6.07) is 1.33. The molecular formula is C7H6N5O2S. The van der Waals surface area contributed by atoms with Gasteiger partial charge in [-0.1, -0.05) is 12.6 Å². The molecule has 15 heavy (non-hydrogen) atoms. The van der Waals surface area contributed by atoms with Crippen molar-refractivity contribution in [2.45, 2.75) is 11.6 Å². The van der Waals surface area contributed by atoms with Gasteiger partial charge in [0.15, 0.2) is 5.82 Å². The molecule has 3 N–H and O–H groups in total. The molecule has 77 valence electrons. The van der Waals surface area contributed by atoms with Gasteiger partial charge in [0.25, 0.3) is 11.7 Å². The van der Waals surface area contributed by atoms with E-state index in [1.807, 2.05) is 0 Å². The van der Waals surface area contributed by atoms with Crippen LogP contribution in [-0.4, -0.2) is 30.6 Å². The van der Waals surface area contributed by atoms with Crippen molar-refractivity contribution in [3.05, 3.63) is 17.6 Å². The Morgan fingerprint density at radius 1 is 1.60 bits per heavy atom. The number of hydrogen-bond donors (Lipinski definition) is 2. The van der Waals surface area contributed by atoms with E-state index in [1.54, 1.807) is 0 Å². The summed E-state index contributed by atoms with van der Waals surface area (Å²) in [5, 5.41) is 12.9. The summed E-state index contributed by atoms with van der Waals surface area (Å²) < 4.78 is 1.26. The lowest BCUT2D eigenvalue weighted by atomic mass is 10.4. The average Bonchev–Trinajstić information content (AvgIpc) is 2.61. The van der Waals surface area contributed by atoms with Gasteiger partial charge in [0.05, 0.1) is 0 Å². The molecule has 7 nitrogen and oxygen atoms in total. The molecule has 2 aromatic rings. The number of amides is 1. The molecule has 0 spiro atoms. The van der Waals surface area contributed by atoms with Gasteiger partial charge in [-0.15, -0.1) is 5.10 Å². The molecule has 8 heteroatoms. The highest BCUT2D eigenvalue weighted by atomic mass is 32.1. The Labute approximate surface area is 89.4 Å². The first-order valence-corrected chi connectivity index (χ1v) is 4.37. The standard InChI is InChI=1S/C7H6N5O2S/c8-6(14)3-1-5(15)12-7(9-3)10-4(2-13)11-12/h1,13H,2H2,(H2,8,14). The summed E-state index contributed by atoms with van der Waals surface area (Å²) in [6.07, 6.45) is 0. The maximum atomic E-state index is 10.9. The summed E-state index contributed by atoms with van der Waals surface area (Å²) in [5.74, 6) is -0.340. The minimum absolute atomic E-state index is 0.0318. The molecule has 2 heterocycles. The normalized spacial score (nSPS) is 10.7. The van der Waals surface area contributed by atoms with Crippen LogP contribution in [0.25, 0.3) is 5.78 Å². The Bertz CT molecular complexity index is 537. The minimum atomic E-state index is -0.683. The van der Waals surface area contributed by atoms with Crippen LogP contribution >= 0.6 is 12.6 Å². The molecule has 0 saturated heterocycles. The number of rotatable bonds is 2. The van der Waals surface area contributed by atoms with Gasteiger partial charge in [-0.2, -0.15) is 9.50 Å². The van der Waals surface area contributed by atoms with Crippen LogP contribution in [0.2, 0.25) is 0 Å². The van der Waals surface area contributed by atoms with Crippen LogP contribution in [0.5, 0.6) is 0 Å². The van der Waals surface area contributed by atoms with Crippen molar-refractivity contribution >= 4 is 24.3 Å². The van der Waals surface area contributed by atoms with Crippen LogP contribution in [0.15, 0.2) is 11.1 Å². The van der Waals surface area contributed by atoms with E-state index in [9.17, 15) is 4.79 Å². The van der Waals surface area contributed by atoms with Crippen LogP contribution in [0.1, 0.15) is 16.3 Å². The third-order valence-electron chi connectivity index (χ3n) is 1.72. The number of hydrogen-bond acceptors (Lipinski definition) is 5. The van der Waals surface area contributed by atoms with E-state index < -0.39 is 5.91 Å². The lowest BCUT2D eigenvalue weighted by Crippen LogP contribution is -2.14. The van der Waals surface area contributed by atoms with Gasteiger partial charge < -0.3 is 10.8 Å². The van der Waals surface area contributed by atoms with Crippen LogP contribution in [0.4, 0.5) is 0 Å². The van der Waals surface area contributed by atoms with E-state index in [4.69, 9.17) is 23.5 Å². The van der Waals surface area contributed by atoms with E-state index in [2.05, 4.69) is 15.1 Å². The van der Waals surface area contributed by atoms with E-state index in [0.29, 0.717) is 0 Å². The molecule has 1 radical (unpaired) electrons. The van der Waals surface area contributed by atoms with Gasteiger partial charge in [-0.3, -0.25) is 4.79 Å². The Kier molecular flexibility index (Phi) is 2.21. The second kappa shape index (κ2) is 3.41. The van der Waals surface area contributed by atoms with Crippen molar-refractivity contribution in [2.75, 3.05) is 0 Å². The fraction of sp³-hybridized carbons (Fsp3) is 0.143. The zero-order valence-corrected chi connectivity index (χ0v) is 8.23. The number of nitrogens with zero attached hydrogens (tertiary/aromatic N) is 4. The maximum absolute atomic E-state index is 10.9. The zero-order chi connectivity index (χ0) is 11.0. The largest absolute Gasteiger partial charge is 0.388 e. The van der Waals surface area contributed by atoms with E-state index >= 15 is 0 Å². The first kappa shape index (κ1) is 9.74. The molecular weight excluding hydrogens is 218 g/mol. The molecule has 0 unspecified atom stereocenters. The predicted molar refractivity (Wildman–Crippen MR) is 51.1 cm³/mol. The first-order chi connectivity index (χ1) is 7.11. The van der Waals surface area contributed by atoms with Crippen LogP contribution in [0.3, 0.4) is 0 Å². The maximum Gasteiger partial charge on any atom is 0.267 e. The third-order valence-corrected chi connectivity index (χ3v) is 2.01. The first-order valence-electron chi connectivity index (χ1n) is 3.96. The Hall–Kier alpha value is -1.80. The lowest BCUT2D eigenvalue weighted by molar-refractivity contribution is 0.0995. The fourth-order valence-corrected chi connectivity index (χ4v) is 1.31. The summed E-state index contributed by atoms with van der Waals surface area (Å²) in [6.45, 7) is -0.315. The molecule has 0 aliphatic rings. The number of aromatic nitrogens is 4. The Morgan fingerprint density at radius 3 is 2.93 bits per heavy atom. The fourth-order valence-electron chi connectivity index (χ4n) is 1.08. The second-order valence-corrected chi connectivity index (χ2v) is 3.16. The molecule has 1 amide bonds. The second-order valence-electron chi connectivity index (χ2n) is 2.74. The molecule has 0 bridgehead atoms. The highest BCUT2D eigenvalue weighted by Gasteiger charge is 2.11. The van der Waals surface area contributed by atoms with E-state index in [1.165, 1.54) is 10.6 Å². The number of aliphatic hydroxyl groups is 1. The van der Waals surface area contributed by atoms with Crippen molar-refractivity contribution in [1.29, 1.82) is 0 Å². The number of carbonyl (C=O) groups is 1. The number of carbonyl (C=O) groups excluding carboxylic acids is 1. The topological polar surface area (TPSA) is 106 Å². The van der Waals surface area contributed by atoms with Gasteiger partial charge in [-0.25, -0.2) is 4.98 Å². The van der Waals surface area contributed by atoms with Crippen molar-refractivity contribution in [3.63, 3.8) is 0 Å². The van der Waals surface area contributed by atoms with Crippen molar-refractivity contribution < 1.29 is 9.90 Å². The molecule has 0 saturated carbocycles. The molecule has 2 aromatic heterocycles. The van der Waals surface area contributed by atoms with Crippen molar-refractivity contribution in [3.8, 4) is 0 Å². The quantitative estimate of drug-likeness (QED) is 0.654. The number of nitrogens with two attached hydrogens (primary N) is 1. The van der Waals surface area contributed by atoms with Crippen LogP contribution < -0.4 is 5.73 Å². The van der Waals surface area contributed by atoms with Gasteiger partial charge in [0.1, 0.15) is 17.3 Å². The predicted octanol–water partition coefficient (Wildman–Crippen LogP) is -0.728. The minimum Gasteiger partial charge on any atom is -0.388 e. The molecule has 0 aliphatic carbocycles. The monoisotopic (exact) mass is 224 g/mol. The molecule has 0 atom stereocenters. The van der Waals surface area contributed by atoms with Gasteiger partial charge in [-0.05, 0) is 0 Å². The Morgan fingerprint density at radius 2 is 2.33 bits per heavy atom. The summed E-state index contributed by atoms with van der Waals surface area (Å²) in [7, 11) is 0. The third kappa shape index (κ3) is 1.60. The SMILES string of the molecule is NC(=O)c1cc([S])n2nc(CO)nc2n1. The van der Waals surface area contributed by atoms with Crippen molar-refractivity contribution in [2.24, 2.45) is 5.73 Å². The van der Waals surface area contributed by atoms with Gasteiger partial charge >= 0.3 is 0 Å². The highest BCUT2D eigenvalue weighted by Crippen LogP contribution is 2.10. The number of primary amides is 1. The highest BCUT2D eigenvalue weighted by molar-refractivity contribution is 7.80. The van der Waals surface area contributed by atoms with Crippen LogP contribution in [-0.2, 0) is 6.61 Å². The smallest absolute Gasteiger partial charge is 0.267 e. The molecule has 2 rings (SSSR count). The molecule has 0 fully saturated rings. The average molecular weight is 224 g/mol. The summed E-state index contributed by atoms with van der Waals surface area (Å²) >= 11 is 4.95. The lowest BCUT2D eigenvalue weighted by Gasteiger charge is -1.97. The number of fused-ring (bicyclic) bond motifs is 1. The van der Waals surface area contributed by atoms with Gasteiger partial charge in [0, 0.05) is 6.07 Å². The summed E-state index contributed by atoms with van der Waals surface area (Å²) in [5.41, 5.74) is 5.09. The Balaban J connectivity index is 2.70. The molecule has 0 aliphatic heterocycles. The van der Waals surface area contributed by atoms with Gasteiger partial charge in [0.2, 0.25) is 0 Å². The zero-order valence-electron chi connectivity index (χ0n) is 7.41. The number of aliphatic hydroxyl groups excluding tert-OH is 1. The van der Waals surface area contributed by atoms with Crippen LogP contribution in [0, 0.1) is 0 Å².